The summed E-state index contributed by atoms with van der Waals surface area (Å²) in [6.45, 7) is 2.04. The van der Waals surface area contributed by atoms with Crippen molar-refractivity contribution in [1.82, 2.24) is 9.38 Å². The molecule has 3 aromatic rings. The number of anilines is 1. The zero-order valence-electron chi connectivity index (χ0n) is 8.84. The molecule has 3 heterocycles. The average Bonchev–Trinajstić information content (AvgIpc) is 2.88. The lowest BCUT2D eigenvalue weighted by molar-refractivity contribution is 1.17. The Morgan fingerprint density at radius 3 is 2.94 bits per heavy atom. The Kier molecular flexibility index (Phi) is 1.97. The van der Waals surface area contributed by atoms with Gasteiger partial charge in [-0.25, -0.2) is 4.98 Å². The number of nitrogens with zero attached hydrogens (tertiary/aromatic N) is 2. The molecule has 0 amide bonds. The van der Waals surface area contributed by atoms with Crippen LogP contribution in [0.5, 0.6) is 0 Å². The van der Waals surface area contributed by atoms with E-state index < -0.39 is 0 Å². The van der Waals surface area contributed by atoms with E-state index in [0.29, 0.717) is 5.82 Å². The minimum Gasteiger partial charge on any atom is -0.383 e. The number of hydrogen-bond donors (Lipinski definition) is 1. The monoisotopic (exact) mass is 229 g/mol. The molecule has 0 radical (unpaired) electrons. The fourth-order valence-electron chi connectivity index (χ4n) is 1.83. The van der Waals surface area contributed by atoms with E-state index in [1.54, 1.807) is 11.3 Å². The summed E-state index contributed by atoms with van der Waals surface area (Å²) in [5, 5.41) is 4.10. The van der Waals surface area contributed by atoms with Gasteiger partial charge in [-0.3, -0.25) is 4.40 Å². The Morgan fingerprint density at radius 2 is 2.25 bits per heavy atom. The van der Waals surface area contributed by atoms with Crippen molar-refractivity contribution in [3.8, 4) is 11.3 Å². The Bertz CT molecular complexity index is 638. The van der Waals surface area contributed by atoms with Crippen LogP contribution in [0, 0.1) is 6.92 Å². The van der Waals surface area contributed by atoms with Crippen molar-refractivity contribution in [2.24, 2.45) is 0 Å². The van der Waals surface area contributed by atoms with Crippen molar-refractivity contribution in [2.45, 2.75) is 6.92 Å². The zero-order valence-corrected chi connectivity index (χ0v) is 9.66. The molecule has 0 aromatic carbocycles. The van der Waals surface area contributed by atoms with Crippen molar-refractivity contribution in [2.75, 3.05) is 5.73 Å². The summed E-state index contributed by atoms with van der Waals surface area (Å²) in [4.78, 5) is 4.60. The normalized spacial score (nSPS) is 11.1. The largest absolute Gasteiger partial charge is 0.383 e. The van der Waals surface area contributed by atoms with E-state index in [1.165, 1.54) is 0 Å². The first-order valence-electron chi connectivity index (χ1n) is 5.03. The van der Waals surface area contributed by atoms with E-state index in [9.17, 15) is 0 Å². The molecule has 0 aliphatic carbocycles. The minimum absolute atomic E-state index is 0.706. The van der Waals surface area contributed by atoms with Gasteiger partial charge in [0.25, 0.3) is 0 Å². The molecule has 3 nitrogen and oxygen atoms in total. The molecular formula is C12H11N3S. The van der Waals surface area contributed by atoms with Crippen molar-refractivity contribution in [3.05, 3.63) is 40.7 Å². The Morgan fingerprint density at radius 1 is 1.38 bits per heavy atom. The van der Waals surface area contributed by atoms with Crippen LogP contribution in [0.2, 0.25) is 0 Å². The highest BCUT2D eigenvalue weighted by atomic mass is 32.1. The topological polar surface area (TPSA) is 43.3 Å². The molecule has 3 rings (SSSR count). The maximum absolute atomic E-state index is 6.10. The van der Waals surface area contributed by atoms with Crippen LogP contribution in [0.15, 0.2) is 35.2 Å². The second-order valence-corrected chi connectivity index (χ2v) is 4.52. The third-order valence-electron chi connectivity index (χ3n) is 2.68. The lowest BCUT2D eigenvalue weighted by atomic mass is 10.2. The molecule has 0 aliphatic heterocycles. The number of thiophene rings is 1. The van der Waals surface area contributed by atoms with E-state index in [4.69, 9.17) is 5.73 Å². The number of aryl methyl sites for hydroxylation is 1. The van der Waals surface area contributed by atoms with E-state index in [2.05, 4.69) is 10.4 Å². The number of nitrogen functional groups attached to an aromatic ring is 1. The second-order valence-electron chi connectivity index (χ2n) is 3.74. The van der Waals surface area contributed by atoms with Gasteiger partial charge in [-0.05, 0) is 30.0 Å². The van der Waals surface area contributed by atoms with Crippen molar-refractivity contribution in [3.63, 3.8) is 0 Å². The first-order valence-corrected chi connectivity index (χ1v) is 5.97. The number of pyridine rings is 1. The summed E-state index contributed by atoms with van der Waals surface area (Å²) in [5.41, 5.74) is 10.1. The van der Waals surface area contributed by atoms with Gasteiger partial charge in [0.05, 0.1) is 0 Å². The maximum atomic E-state index is 6.10. The molecule has 80 valence electrons. The smallest absolute Gasteiger partial charge is 0.142 e. The lowest BCUT2D eigenvalue weighted by Gasteiger charge is -1.97. The molecule has 16 heavy (non-hydrogen) atoms. The quantitative estimate of drug-likeness (QED) is 0.697. The predicted molar refractivity (Wildman–Crippen MR) is 67.7 cm³/mol. The SMILES string of the molecule is Cc1cccn2c(N)c(-c3ccsc3)nc12. The second kappa shape index (κ2) is 3.35. The number of nitrogens with two attached hydrogens (primary N) is 1. The van der Waals surface area contributed by atoms with Crippen LogP contribution in [0.1, 0.15) is 5.56 Å². The molecular weight excluding hydrogens is 218 g/mol. The molecule has 3 aromatic heterocycles. The van der Waals surface area contributed by atoms with E-state index in [1.807, 2.05) is 41.1 Å². The van der Waals surface area contributed by atoms with Crippen molar-refractivity contribution in [1.29, 1.82) is 0 Å². The number of rotatable bonds is 1. The molecule has 0 aliphatic rings. The van der Waals surface area contributed by atoms with Gasteiger partial charge in [-0.1, -0.05) is 6.07 Å². The fraction of sp³-hybridized carbons (Fsp3) is 0.0833. The van der Waals surface area contributed by atoms with Crippen LogP contribution in [0.4, 0.5) is 5.82 Å². The van der Waals surface area contributed by atoms with Gasteiger partial charge < -0.3 is 5.73 Å². The molecule has 0 spiro atoms. The fourth-order valence-corrected chi connectivity index (χ4v) is 2.47. The van der Waals surface area contributed by atoms with E-state index in [-0.39, 0.29) is 0 Å². The molecule has 0 atom stereocenters. The molecule has 0 saturated carbocycles. The summed E-state index contributed by atoms with van der Waals surface area (Å²) in [5.74, 6) is 0.706. The Hall–Kier alpha value is -1.81. The summed E-state index contributed by atoms with van der Waals surface area (Å²) >= 11 is 1.65. The third kappa shape index (κ3) is 1.23. The van der Waals surface area contributed by atoms with Gasteiger partial charge in [-0.15, -0.1) is 0 Å². The molecule has 4 heteroatoms. The molecule has 2 N–H and O–H groups in total. The number of aromatic nitrogens is 2. The standard InChI is InChI=1S/C12H11N3S/c1-8-3-2-5-15-11(13)10(14-12(8)15)9-4-6-16-7-9/h2-7H,13H2,1H3. The van der Waals surface area contributed by atoms with Gasteiger partial charge in [0.1, 0.15) is 17.2 Å². The van der Waals surface area contributed by atoms with E-state index in [0.717, 1.165) is 22.5 Å². The minimum atomic E-state index is 0.706. The van der Waals surface area contributed by atoms with Crippen molar-refractivity contribution < 1.29 is 0 Å². The number of hydrogen-bond acceptors (Lipinski definition) is 3. The summed E-state index contributed by atoms with van der Waals surface area (Å²) < 4.78 is 1.93. The lowest BCUT2D eigenvalue weighted by Crippen LogP contribution is -1.93. The van der Waals surface area contributed by atoms with Gasteiger partial charge in [0.15, 0.2) is 0 Å². The first kappa shape index (κ1) is 9.42. The zero-order chi connectivity index (χ0) is 11.1. The first-order chi connectivity index (χ1) is 7.77. The van der Waals surface area contributed by atoms with Crippen molar-refractivity contribution >= 4 is 22.8 Å². The van der Waals surface area contributed by atoms with Crippen LogP contribution in [0.3, 0.4) is 0 Å². The summed E-state index contributed by atoms with van der Waals surface area (Å²) in [6.07, 6.45) is 1.94. The molecule has 0 fully saturated rings. The third-order valence-corrected chi connectivity index (χ3v) is 3.36. The van der Waals surface area contributed by atoms with Gasteiger partial charge >= 0.3 is 0 Å². The predicted octanol–water partition coefficient (Wildman–Crippen LogP) is 2.95. The molecule has 0 saturated heterocycles. The van der Waals surface area contributed by atoms with Crippen LogP contribution in [0.25, 0.3) is 16.9 Å². The van der Waals surface area contributed by atoms with Crippen LogP contribution in [-0.2, 0) is 0 Å². The Balaban J connectivity index is 2.36. The van der Waals surface area contributed by atoms with Crippen LogP contribution < -0.4 is 5.73 Å². The molecule has 0 bridgehead atoms. The Labute approximate surface area is 97.2 Å². The summed E-state index contributed by atoms with van der Waals surface area (Å²) in [6, 6.07) is 6.06. The van der Waals surface area contributed by atoms with Gasteiger partial charge in [0, 0.05) is 17.1 Å². The van der Waals surface area contributed by atoms with Gasteiger partial charge in [-0.2, -0.15) is 11.3 Å². The highest BCUT2D eigenvalue weighted by Crippen LogP contribution is 2.28. The highest BCUT2D eigenvalue weighted by molar-refractivity contribution is 7.08. The van der Waals surface area contributed by atoms with E-state index >= 15 is 0 Å². The van der Waals surface area contributed by atoms with Gasteiger partial charge in [0.2, 0.25) is 0 Å². The number of imidazole rings is 1. The van der Waals surface area contributed by atoms with Crippen LogP contribution in [-0.4, -0.2) is 9.38 Å². The average molecular weight is 229 g/mol. The molecule has 0 unspecified atom stereocenters. The highest BCUT2D eigenvalue weighted by Gasteiger charge is 2.12. The number of fused-ring (bicyclic) bond motifs is 1. The summed E-state index contributed by atoms with van der Waals surface area (Å²) in [7, 11) is 0. The van der Waals surface area contributed by atoms with Crippen LogP contribution >= 0.6 is 11.3 Å². The maximum Gasteiger partial charge on any atom is 0.142 e.